The molecule has 6 heteroatoms. The van der Waals surface area contributed by atoms with Gasteiger partial charge in [-0.25, -0.2) is 0 Å². The molecule has 0 radical (unpaired) electrons. The molecule has 0 spiro atoms. The zero-order valence-corrected chi connectivity index (χ0v) is 17.2. The van der Waals surface area contributed by atoms with Crippen molar-refractivity contribution in [3.63, 3.8) is 0 Å². The minimum absolute atomic E-state index is 0.274. The summed E-state index contributed by atoms with van der Waals surface area (Å²) in [4.78, 5) is 25.6. The first-order valence-electron chi connectivity index (χ1n) is 9.48. The second kappa shape index (κ2) is 9.60. The van der Waals surface area contributed by atoms with Crippen molar-refractivity contribution in [1.29, 1.82) is 0 Å². The second-order valence-electron chi connectivity index (χ2n) is 6.73. The van der Waals surface area contributed by atoms with Crippen molar-refractivity contribution in [2.45, 2.75) is 13.5 Å². The van der Waals surface area contributed by atoms with Gasteiger partial charge >= 0.3 is 0 Å². The smallest absolute Gasteiger partial charge is 0.259 e. The summed E-state index contributed by atoms with van der Waals surface area (Å²) < 4.78 is 10.5. The van der Waals surface area contributed by atoms with Crippen LogP contribution in [0.3, 0.4) is 0 Å². The van der Waals surface area contributed by atoms with Gasteiger partial charge in [0, 0.05) is 6.54 Å². The summed E-state index contributed by atoms with van der Waals surface area (Å²) >= 11 is 0. The molecule has 3 rings (SSSR count). The van der Waals surface area contributed by atoms with E-state index in [2.05, 4.69) is 10.6 Å². The standard InChI is InChI=1S/C24H24N2O4/c1-16-8-10-17(11-9-16)15-25-23(27)19-6-4-5-7-21(19)26-24(28)20-14-18(29-2)12-13-22(20)30-3/h4-14H,15H2,1-3H3,(H,25,27)(H,26,28). The summed E-state index contributed by atoms with van der Waals surface area (Å²) in [6.07, 6.45) is 0. The number of nitrogens with one attached hydrogen (secondary N) is 2. The molecule has 0 atom stereocenters. The zero-order chi connectivity index (χ0) is 21.5. The third kappa shape index (κ3) is 4.97. The van der Waals surface area contributed by atoms with Crippen LogP contribution >= 0.6 is 0 Å². The summed E-state index contributed by atoms with van der Waals surface area (Å²) in [5.74, 6) is 0.272. The number of aryl methyl sites for hydroxylation is 1. The van der Waals surface area contributed by atoms with E-state index in [1.807, 2.05) is 31.2 Å². The molecule has 2 amide bonds. The molecule has 0 aliphatic rings. The first-order valence-corrected chi connectivity index (χ1v) is 9.48. The number of anilines is 1. The van der Waals surface area contributed by atoms with Crippen LogP contribution in [0.25, 0.3) is 0 Å². The van der Waals surface area contributed by atoms with E-state index in [0.717, 1.165) is 11.1 Å². The van der Waals surface area contributed by atoms with Crippen LogP contribution < -0.4 is 20.1 Å². The third-order valence-corrected chi connectivity index (χ3v) is 4.64. The van der Waals surface area contributed by atoms with E-state index in [1.54, 1.807) is 42.5 Å². The third-order valence-electron chi connectivity index (χ3n) is 4.64. The van der Waals surface area contributed by atoms with E-state index < -0.39 is 5.91 Å². The van der Waals surface area contributed by atoms with Crippen molar-refractivity contribution in [1.82, 2.24) is 5.32 Å². The van der Waals surface area contributed by atoms with Gasteiger partial charge in [0.05, 0.1) is 31.0 Å². The first-order chi connectivity index (χ1) is 14.5. The van der Waals surface area contributed by atoms with Crippen LogP contribution in [0.4, 0.5) is 5.69 Å². The highest BCUT2D eigenvalue weighted by molar-refractivity contribution is 6.10. The van der Waals surface area contributed by atoms with Gasteiger partial charge in [-0.05, 0) is 42.8 Å². The molecule has 0 aromatic heterocycles. The van der Waals surface area contributed by atoms with Crippen LogP contribution in [-0.2, 0) is 6.54 Å². The molecule has 30 heavy (non-hydrogen) atoms. The van der Waals surface area contributed by atoms with Gasteiger partial charge in [0.15, 0.2) is 0 Å². The number of para-hydroxylation sites is 1. The van der Waals surface area contributed by atoms with Crippen molar-refractivity contribution in [3.8, 4) is 11.5 Å². The van der Waals surface area contributed by atoms with Crippen molar-refractivity contribution in [2.24, 2.45) is 0 Å². The predicted octanol–water partition coefficient (Wildman–Crippen LogP) is 4.19. The average molecular weight is 404 g/mol. The fourth-order valence-corrected chi connectivity index (χ4v) is 2.95. The lowest BCUT2D eigenvalue weighted by Gasteiger charge is -2.14. The van der Waals surface area contributed by atoms with Gasteiger partial charge in [-0.2, -0.15) is 0 Å². The van der Waals surface area contributed by atoms with Crippen molar-refractivity contribution in [2.75, 3.05) is 19.5 Å². The fourth-order valence-electron chi connectivity index (χ4n) is 2.95. The Bertz CT molecular complexity index is 1050. The van der Waals surface area contributed by atoms with Gasteiger partial charge in [0.25, 0.3) is 11.8 Å². The molecule has 0 aliphatic heterocycles. The number of rotatable bonds is 7. The van der Waals surface area contributed by atoms with E-state index in [1.165, 1.54) is 14.2 Å². The van der Waals surface area contributed by atoms with Crippen LogP contribution in [0, 0.1) is 6.92 Å². The lowest BCUT2D eigenvalue weighted by atomic mass is 10.1. The molecule has 2 N–H and O–H groups in total. The van der Waals surface area contributed by atoms with Crippen LogP contribution in [-0.4, -0.2) is 26.0 Å². The molecule has 0 fully saturated rings. The molecule has 154 valence electrons. The SMILES string of the molecule is COc1ccc(OC)c(C(=O)Nc2ccccc2C(=O)NCc2ccc(C)cc2)c1. The van der Waals surface area contributed by atoms with E-state index in [9.17, 15) is 9.59 Å². The number of hydrogen-bond donors (Lipinski definition) is 2. The number of amides is 2. The molecule has 3 aromatic carbocycles. The quantitative estimate of drug-likeness (QED) is 0.619. The average Bonchev–Trinajstić information content (AvgIpc) is 2.78. The molecular weight excluding hydrogens is 380 g/mol. The zero-order valence-electron chi connectivity index (χ0n) is 17.2. The topological polar surface area (TPSA) is 76.7 Å². The molecule has 3 aromatic rings. The van der Waals surface area contributed by atoms with Crippen molar-refractivity contribution < 1.29 is 19.1 Å². The Hall–Kier alpha value is -3.80. The van der Waals surface area contributed by atoms with E-state index in [-0.39, 0.29) is 5.91 Å². The number of benzene rings is 3. The highest BCUT2D eigenvalue weighted by atomic mass is 16.5. The predicted molar refractivity (Wildman–Crippen MR) is 116 cm³/mol. The molecule has 0 unspecified atom stereocenters. The van der Waals surface area contributed by atoms with Gasteiger partial charge in [-0.15, -0.1) is 0 Å². The lowest BCUT2D eigenvalue weighted by molar-refractivity contribution is 0.0952. The first kappa shape index (κ1) is 20.9. The molecule has 6 nitrogen and oxygen atoms in total. The summed E-state index contributed by atoms with van der Waals surface area (Å²) in [5.41, 5.74) is 3.25. The Labute approximate surface area is 175 Å². The number of carbonyl (C=O) groups is 2. The van der Waals surface area contributed by atoms with Crippen LogP contribution in [0.5, 0.6) is 11.5 Å². The molecule has 0 saturated heterocycles. The van der Waals surface area contributed by atoms with Gasteiger partial charge in [-0.1, -0.05) is 42.0 Å². The second-order valence-corrected chi connectivity index (χ2v) is 6.73. The summed E-state index contributed by atoms with van der Waals surface area (Å²) in [6.45, 7) is 2.41. The highest BCUT2D eigenvalue weighted by Crippen LogP contribution is 2.25. The summed E-state index contributed by atoms with van der Waals surface area (Å²) in [6, 6.07) is 19.8. The lowest BCUT2D eigenvalue weighted by Crippen LogP contribution is -2.25. The molecule has 0 bridgehead atoms. The Morgan fingerprint density at radius 3 is 2.27 bits per heavy atom. The molecular formula is C24H24N2O4. The Morgan fingerprint density at radius 1 is 0.833 bits per heavy atom. The Balaban J connectivity index is 1.77. The molecule has 0 saturated carbocycles. The van der Waals surface area contributed by atoms with E-state index >= 15 is 0 Å². The number of carbonyl (C=O) groups excluding carboxylic acids is 2. The minimum Gasteiger partial charge on any atom is -0.497 e. The van der Waals surface area contributed by atoms with Crippen molar-refractivity contribution >= 4 is 17.5 Å². The van der Waals surface area contributed by atoms with Crippen LogP contribution in [0.2, 0.25) is 0 Å². The van der Waals surface area contributed by atoms with Gasteiger partial charge < -0.3 is 20.1 Å². The Morgan fingerprint density at radius 2 is 1.57 bits per heavy atom. The van der Waals surface area contributed by atoms with Gasteiger partial charge in [-0.3, -0.25) is 9.59 Å². The maximum Gasteiger partial charge on any atom is 0.259 e. The normalized spacial score (nSPS) is 10.2. The highest BCUT2D eigenvalue weighted by Gasteiger charge is 2.17. The van der Waals surface area contributed by atoms with Crippen molar-refractivity contribution in [3.05, 3.63) is 89.0 Å². The summed E-state index contributed by atoms with van der Waals surface area (Å²) in [7, 11) is 3.02. The largest absolute Gasteiger partial charge is 0.497 e. The molecule has 0 heterocycles. The Kier molecular flexibility index (Phi) is 6.70. The van der Waals surface area contributed by atoms with E-state index in [0.29, 0.717) is 34.9 Å². The number of hydrogen-bond acceptors (Lipinski definition) is 4. The van der Waals surface area contributed by atoms with Gasteiger partial charge in [0.2, 0.25) is 0 Å². The van der Waals surface area contributed by atoms with Crippen LogP contribution in [0.15, 0.2) is 66.7 Å². The summed E-state index contributed by atoms with van der Waals surface area (Å²) in [5, 5.41) is 5.70. The van der Waals surface area contributed by atoms with Crippen LogP contribution in [0.1, 0.15) is 31.8 Å². The minimum atomic E-state index is -0.399. The number of ether oxygens (including phenoxy) is 2. The van der Waals surface area contributed by atoms with E-state index in [4.69, 9.17) is 9.47 Å². The fraction of sp³-hybridized carbons (Fsp3) is 0.167. The monoisotopic (exact) mass is 404 g/mol. The van der Waals surface area contributed by atoms with Gasteiger partial charge in [0.1, 0.15) is 11.5 Å². The number of methoxy groups -OCH3 is 2. The maximum atomic E-state index is 12.9. The molecule has 0 aliphatic carbocycles. The maximum absolute atomic E-state index is 12.9.